The quantitative estimate of drug-likeness (QED) is 0.610. The van der Waals surface area contributed by atoms with Crippen molar-refractivity contribution >= 4 is 17.8 Å². The van der Waals surface area contributed by atoms with Gasteiger partial charge in [0.1, 0.15) is 0 Å². The minimum Gasteiger partial charge on any atom is -0.435 e. The molecule has 0 unspecified atom stereocenters. The maximum absolute atomic E-state index is 12.5. The molecular formula is C17H20O3. The van der Waals surface area contributed by atoms with Gasteiger partial charge >= 0.3 is 5.97 Å². The molecule has 0 spiro atoms. The van der Waals surface area contributed by atoms with Crippen LogP contribution in [0.25, 0.3) is 6.08 Å². The van der Waals surface area contributed by atoms with Crippen LogP contribution >= 0.6 is 0 Å². The SMILES string of the molecule is CC(=O)O/C=C\c1c(C)cc2c(c1C)C(=O)C(C)(C)C2. The topological polar surface area (TPSA) is 43.4 Å². The number of Topliss-reactive ketones (excluding diaryl/α,β-unsaturated/α-hetero) is 1. The van der Waals surface area contributed by atoms with E-state index in [-0.39, 0.29) is 17.2 Å². The Bertz CT molecular complexity index is 622. The summed E-state index contributed by atoms with van der Waals surface area (Å²) < 4.78 is 4.84. The first-order chi connectivity index (χ1) is 9.24. The Balaban J connectivity index is 2.48. The third kappa shape index (κ3) is 2.40. The van der Waals surface area contributed by atoms with Gasteiger partial charge in [0, 0.05) is 17.9 Å². The first kappa shape index (κ1) is 14.5. The third-order valence-electron chi connectivity index (χ3n) is 3.86. The Morgan fingerprint density at radius 2 is 2.00 bits per heavy atom. The predicted octanol–water partition coefficient (Wildman–Crippen LogP) is 3.60. The highest BCUT2D eigenvalue weighted by Gasteiger charge is 2.39. The molecule has 1 aliphatic carbocycles. The highest BCUT2D eigenvalue weighted by molar-refractivity contribution is 6.06. The number of esters is 1. The van der Waals surface area contributed by atoms with Gasteiger partial charge in [-0.05, 0) is 48.6 Å². The molecule has 0 saturated heterocycles. The second-order valence-electron chi connectivity index (χ2n) is 6.07. The summed E-state index contributed by atoms with van der Waals surface area (Å²) in [6.07, 6.45) is 3.93. The summed E-state index contributed by atoms with van der Waals surface area (Å²) in [7, 11) is 0. The molecule has 3 heteroatoms. The van der Waals surface area contributed by atoms with E-state index in [0.717, 1.165) is 34.2 Å². The van der Waals surface area contributed by atoms with Crippen molar-refractivity contribution < 1.29 is 14.3 Å². The summed E-state index contributed by atoms with van der Waals surface area (Å²) in [6, 6.07) is 2.07. The van der Waals surface area contributed by atoms with Crippen LogP contribution in [0.1, 0.15) is 53.4 Å². The van der Waals surface area contributed by atoms with E-state index in [1.807, 2.05) is 27.7 Å². The minimum atomic E-state index is -0.352. The molecule has 0 heterocycles. The monoisotopic (exact) mass is 272 g/mol. The zero-order chi connectivity index (χ0) is 15.1. The molecule has 0 aromatic heterocycles. The lowest BCUT2D eigenvalue weighted by atomic mass is 9.88. The zero-order valence-electron chi connectivity index (χ0n) is 12.7. The molecule has 2 rings (SSSR count). The van der Waals surface area contributed by atoms with Crippen LogP contribution in [0.4, 0.5) is 0 Å². The number of carbonyl (C=O) groups excluding carboxylic acids is 2. The van der Waals surface area contributed by atoms with Crippen molar-refractivity contribution in [3.8, 4) is 0 Å². The summed E-state index contributed by atoms with van der Waals surface area (Å²) in [5, 5.41) is 0. The smallest absolute Gasteiger partial charge is 0.307 e. The molecule has 0 N–H and O–H groups in total. The van der Waals surface area contributed by atoms with E-state index in [9.17, 15) is 9.59 Å². The summed E-state index contributed by atoms with van der Waals surface area (Å²) >= 11 is 0. The lowest BCUT2D eigenvalue weighted by Crippen LogP contribution is -2.19. The third-order valence-corrected chi connectivity index (χ3v) is 3.86. The van der Waals surface area contributed by atoms with Crippen LogP contribution in [0.3, 0.4) is 0 Å². The lowest BCUT2D eigenvalue weighted by Gasteiger charge is -2.13. The molecule has 0 saturated carbocycles. The molecule has 0 radical (unpaired) electrons. The molecule has 106 valence electrons. The van der Waals surface area contributed by atoms with E-state index in [4.69, 9.17) is 4.74 Å². The molecule has 0 bridgehead atoms. The van der Waals surface area contributed by atoms with Gasteiger partial charge < -0.3 is 4.74 Å². The molecule has 0 aliphatic heterocycles. The molecule has 1 aromatic carbocycles. The number of aryl methyl sites for hydroxylation is 1. The van der Waals surface area contributed by atoms with E-state index in [1.165, 1.54) is 13.2 Å². The number of benzene rings is 1. The molecule has 1 aromatic rings. The Morgan fingerprint density at radius 1 is 1.35 bits per heavy atom. The summed E-state index contributed by atoms with van der Waals surface area (Å²) in [4.78, 5) is 23.3. The van der Waals surface area contributed by atoms with E-state index >= 15 is 0 Å². The Morgan fingerprint density at radius 3 is 2.60 bits per heavy atom. The summed E-state index contributed by atoms with van der Waals surface area (Å²) in [6.45, 7) is 9.30. The highest BCUT2D eigenvalue weighted by atomic mass is 16.5. The maximum Gasteiger partial charge on any atom is 0.307 e. The summed E-state index contributed by atoms with van der Waals surface area (Å²) in [5.74, 6) is -0.151. The van der Waals surface area contributed by atoms with Gasteiger partial charge in [0.2, 0.25) is 0 Å². The van der Waals surface area contributed by atoms with Crippen LogP contribution < -0.4 is 0 Å². The van der Waals surface area contributed by atoms with Gasteiger partial charge in [0.05, 0.1) is 6.26 Å². The number of ketones is 1. The maximum atomic E-state index is 12.5. The number of rotatable bonds is 2. The fourth-order valence-electron chi connectivity index (χ4n) is 2.89. The van der Waals surface area contributed by atoms with Gasteiger partial charge in [-0.2, -0.15) is 0 Å². The molecule has 0 fully saturated rings. The van der Waals surface area contributed by atoms with Gasteiger partial charge in [-0.15, -0.1) is 0 Å². The molecule has 3 nitrogen and oxygen atoms in total. The van der Waals surface area contributed by atoms with Crippen molar-refractivity contribution in [2.45, 2.75) is 41.0 Å². The first-order valence-electron chi connectivity index (χ1n) is 6.75. The largest absolute Gasteiger partial charge is 0.435 e. The minimum absolute atomic E-state index is 0.201. The van der Waals surface area contributed by atoms with E-state index < -0.39 is 0 Å². The van der Waals surface area contributed by atoms with Crippen LogP contribution in [0, 0.1) is 19.3 Å². The number of carbonyl (C=O) groups is 2. The first-order valence-corrected chi connectivity index (χ1v) is 6.75. The van der Waals surface area contributed by atoms with Crippen molar-refractivity contribution in [3.63, 3.8) is 0 Å². The van der Waals surface area contributed by atoms with Gasteiger partial charge in [0.25, 0.3) is 0 Å². The van der Waals surface area contributed by atoms with Gasteiger partial charge in [0.15, 0.2) is 5.78 Å². The van der Waals surface area contributed by atoms with E-state index in [1.54, 1.807) is 6.08 Å². The van der Waals surface area contributed by atoms with Crippen LogP contribution in [0.5, 0.6) is 0 Å². The highest BCUT2D eigenvalue weighted by Crippen LogP contribution is 2.39. The van der Waals surface area contributed by atoms with Crippen LogP contribution in [0.15, 0.2) is 12.3 Å². The molecular weight excluding hydrogens is 252 g/mol. The van der Waals surface area contributed by atoms with Gasteiger partial charge in [-0.1, -0.05) is 19.9 Å². The number of fused-ring (bicyclic) bond motifs is 1. The van der Waals surface area contributed by atoms with Gasteiger partial charge in [-0.3, -0.25) is 9.59 Å². The number of hydrogen-bond donors (Lipinski definition) is 0. The van der Waals surface area contributed by atoms with Crippen molar-refractivity contribution in [3.05, 3.63) is 40.1 Å². The van der Waals surface area contributed by atoms with Gasteiger partial charge in [-0.25, -0.2) is 0 Å². The van der Waals surface area contributed by atoms with Crippen LogP contribution in [-0.4, -0.2) is 11.8 Å². The van der Waals surface area contributed by atoms with E-state index in [2.05, 4.69) is 6.07 Å². The normalized spacial score (nSPS) is 16.6. The average Bonchev–Trinajstić information content (AvgIpc) is 2.53. The molecule has 20 heavy (non-hydrogen) atoms. The fourth-order valence-corrected chi connectivity index (χ4v) is 2.89. The second-order valence-corrected chi connectivity index (χ2v) is 6.07. The predicted molar refractivity (Wildman–Crippen MR) is 78.5 cm³/mol. The second kappa shape index (κ2) is 4.89. The molecule has 0 atom stereocenters. The summed E-state index contributed by atoms with van der Waals surface area (Å²) in [5.41, 5.74) is 4.66. The Hall–Kier alpha value is -1.90. The van der Waals surface area contributed by atoms with Crippen molar-refractivity contribution in [1.82, 2.24) is 0 Å². The number of ether oxygens (including phenoxy) is 1. The average molecular weight is 272 g/mol. The fraction of sp³-hybridized carbons (Fsp3) is 0.412. The lowest BCUT2D eigenvalue weighted by molar-refractivity contribution is -0.135. The number of hydrogen-bond acceptors (Lipinski definition) is 3. The van der Waals surface area contributed by atoms with Crippen LogP contribution in [0.2, 0.25) is 0 Å². The standard InChI is InChI=1S/C17H20O3/c1-10-8-13-9-17(4,5)16(19)15(13)11(2)14(10)6-7-20-12(3)18/h6-8H,9H2,1-5H3/b7-6-. The van der Waals surface area contributed by atoms with Crippen molar-refractivity contribution in [2.75, 3.05) is 0 Å². The van der Waals surface area contributed by atoms with Crippen molar-refractivity contribution in [1.29, 1.82) is 0 Å². The molecule has 0 amide bonds. The van der Waals surface area contributed by atoms with Crippen molar-refractivity contribution in [2.24, 2.45) is 5.41 Å². The van der Waals surface area contributed by atoms with E-state index in [0.29, 0.717) is 0 Å². The zero-order valence-corrected chi connectivity index (χ0v) is 12.7. The Kier molecular flexibility index (Phi) is 3.55. The molecule has 1 aliphatic rings. The van der Waals surface area contributed by atoms with Crippen LogP contribution in [-0.2, 0) is 16.0 Å². The Labute approximate surface area is 119 Å².